The summed E-state index contributed by atoms with van der Waals surface area (Å²) < 4.78 is 10.7. The van der Waals surface area contributed by atoms with E-state index in [1.54, 1.807) is 19.2 Å². The summed E-state index contributed by atoms with van der Waals surface area (Å²) >= 11 is 0. The standard InChI is InChI=1S/C12H14O3/c1-3-8-7-11(13)10-6-9(14-2)4-5-12(10)15-8/h4-6,8H,3,7H2,1-2H3. The summed E-state index contributed by atoms with van der Waals surface area (Å²) in [6.45, 7) is 2.02. The lowest BCUT2D eigenvalue weighted by atomic mass is 9.99. The van der Waals surface area contributed by atoms with Crippen molar-refractivity contribution < 1.29 is 14.3 Å². The van der Waals surface area contributed by atoms with E-state index in [0.717, 1.165) is 6.42 Å². The number of fused-ring (bicyclic) bond motifs is 1. The van der Waals surface area contributed by atoms with Crippen LogP contribution in [0.4, 0.5) is 0 Å². The van der Waals surface area contributed by atoms with E-state index in [1.165, 1.54) is 0 Å². The van der Waals surface area contributed by atoms with Crippen LogP contribution in [0.2, 0.25) is 0 Å². The topological polar surface area (TPSA) is 35.5 Å². The third-order valence-electron chi connectivity index (χ3n) is 2.65. The Kier molecular flexibility index (Phi) is 2.62. The highest BCUT2D eigenvalue weighted by Crippen LogP contribution is 2.31. The maximum absolute atomic E-state index is 11.8. The van der Waals surface area contributed by atoms with Crippen LogP contribution in [0.1, 0.15) is 30.1 Å². The Morgan fingerprint density at radius 1 is 1.53 bits per heavy atom. The van der Waals surface area contributed by atoms with Crippen molar-refractivity contribution in [3.05, 3.63) is 23.8 Å². The Morgan fingerprint density at radius 2 is 2.33 bits per heavy atom. The largest absolute Gasteiger partial charge is 0.497 e. The van der Waals surface area contributed by atoms with E-state index < -0.39 is 0 Å². The molecule has 0 amide bonds. The molecule has 0 aromatic heterocycles. The molecule has 0 radical (unpaired) electrons. The predicted molar refractivity (Wildman–Crippen MR) is 56.6 cm³/mol. The third kappa shape index (κ3) is 1.82. The van der Waals surface area contributed by atoms with Crippen molar-refractivity contribution >= 4 is 5.78 Å². The van der Waals surface area contributed by atoms with Gasteiger partial charge in [-0.1, -0.05) is 6.92 Å². The van der Waals surface area contributed by atoms with Gasteiger partial charge in [-0.25, -0.2) is 0 Å². The van der Waals surface area contributed by atoms with Gasteiger partial charge in [-0.15, -0.1) is 0 Å². The molecule has 0 fully saturated rings. The number of hydrogen-bond donors (Lipinski definition) is 0. The predicted octanol–water partition coefficient (Wildman–Crippen LogP) is 2.44. The number of ether oxygens (including phenoxy) is 2. The molecule has 15 heavy (non-hydrogen) atoms. The molecule has 1 aromatic carbocycles. The molecule has 3 nitrogen and oxygen atoms in total. The van der Waals surface area contributed by atoms with Gasteiger partial charge in [0, 0.05) is 6.42 Å². The van der Waals surface area contributed by atoms with Crippen molar-refractivity contribution in [2.45, 2.75) is 25.9 Å². The first kappa shape index (κ1) is 10.0. The number of rotatable bonds is 2. The molecule has 0 aliphatic carbocycles. The summed E-state index contributed by atoms with van der Waals surface area (Å²) in [5.74, 6) is 1.52. The Morgan fingerprint density at radius 3 is 3.00 bits per heavy atom. The molecular formula is C12H14O3. The molecule has 0 saturated carbocycles. The average Bonchev–Trinajstić information content (AvgIpc) is 2.28. The van der Waals surface area contributed by atoms with Crippen LogP contribution in [0, 0.1) is 0 Å². The fourth-order valence-corrected chi connectivity index (χ4v) is 1.72. The molecule has 1 aromatic rings. The summed E-state index contributed by atoms with van der Waals surface area (Å²) in [6.07, 6.45) is 1.35. The van der Waals surface area contributed by atoms with Gasteiger partial charge in [-0.05, 0) is 24.6 Å². The Hall–Kier alpha value is -1.51. The van der Waals surface area contributed by atoms with E-state index >= 15 is 0 Å². The van der Waals surface area contributed by atoms with E-state index in [2.05, 4.69) is 0 Å². The number of carbonyl (C=O) groups excluding carboxylic acids is 1. The zero-order chi connectivity index (χ0) is 10.8. The minimum Gasteiger partial charge on any atom is -0.497 e. The molecule has 1 atom stereocenters. The van der Waals surface area contributed by atoms with Gasteiger partial charge in [0.2, 0.25) is 0 Å². The molecule has 0 bridgehead atoms. The number of carbonyl (C=O) groups is 1. The summed E-state index contributed by atoms with van der Waals surface area (Å²) in [6, 6.07) is 5.35. The number of methoxy groups -OCH3 is 1. The second-order valence-electron chi connectivity index (χ2n) is 3.64. The first-order valence-corrected chi connectivity index (χ1v) is 5.12. The molecule has 0 spiro atoms. The van der Waals surface area contributed by atoms with Gasteiger partial charge in [-0.2, -0.15) is 0 Å². The van der Waals surface area contributed by atoms with Gasteiger partial charge in [0.05, 0.1) is 12.7 Å². The Bertz CT molecular complexity index is 384. The van der Waals surface area contributed by atoms with E-state index in [-0.39, 0.29) is 11.9 Å². The van der Waals surface area contributed by atoms with Crippen LogP contribution in [-0.2, 0) is 0 Å². The molecule has 1 heterocycles. The lowest BCUT2D eigenvalue weighted by molar-refractivity contribution is 0.0845. The van der Waals surface area contributed by atoms with Crippen molar-refractivity contribution in [3.63, 3.8) is 0 Å². The van der Waals surface area contributed by atoms with Crippen molar-refractivity contribution in [2.24, 2.45) is 0 Å². The van der Waals surface area contributed by atoms with Crippen LogP contribution >= 0.6 is 0 Å². The van der Waals surface area contributed by atoms with Gasteiger partial charge < -0.3 is 9.47 Å². The maximum Gasteiger partial charge on any atom is 0.170 e. The summed E-state index contributed by atoms with van der Waals surface area (Å²) in [5, 5.41) is 0. The van der Waals surface area contributed by atoms with Crippen LogP contribution < -0.4 is 9.47 Å². The molecule has 1 aliphatic heterocycles. The molecule has 2 rings (SSSR count). The van der Waals surface area contributed by atoms with E-state index in [0.29, 0.717) is 23.5 Å². The van der Waals surface area contributed by atoms with Gasteiger partial charge in [0.15, 0.2) is 5.78 Å². The second-order valence-corrected chi connectivity index (χ2v) is 3.64. The van der Waals surface area contributed by atoms with E-state index in [4.69, 9.17) is 9.47 Å². The first-order chi connectivity index (χ1) is 7.24. The number of Topliss-reactive ketones (excluding diaryl/α,β-unsaturated/α-hetero) is 1. The van der Waals surface area contributed by atoms with Gasteiger partial charge >= 0.3 is 0 Å². The van der Waals surface area contributed by atoms with Crippen LogP contribution in [0.15, 0.2) is 18.2 Å². The zero-order valence-electron chi connectivity index (χ0n) is 8.95. The third-order valence-corrected chi connectivity index (χ3v) is 2.65. The quantitative estimate of drug-likeness (QED) is 0.745. The number of benzene rings is 1. The van der Waals surface area contributed by atoms with Crippen molar-refractivity contribution in [1.82, 2.24) is 0 Å². The monoisotopic (exact) mass is 206 g/mol. The summed E-state index contributed by atoms with van der Waals surface area (Å²) in [7, 11) is 1.59. The number of hydrogen-bond acceptors (Lipinski definition) is 3. The van der Waals surface area contributed by atoms with Crippen LogP contribution in [0.3, 0.4) is 0 Å². The first-order valence-electron chi connectivity index (χ1n) is 5.12. The minimum absolute atomic E-state index is 0.0263. The van der Waals surface area contributed by atoms with Crippen LogP contribution in [0.5, 0.6) is 11.5 Å². The fraction of sp³-hybridized carbons (Fsp3) is 0.417. The van der Waals surface area contributed by atoms with E-state index in [9.17, 15) is 4.79 Å². The molecule has 1 unspecified atom stereocenters. The Balaban J connectivity index is 2.37. The van der Waals surface area contributed by atoms with E-state index in [1.807, 2.05) is 13.0 Å². The molecule has 1 aliphatic rings. The fourth-order valence-electron chi connectivity index (χ4n) is 1.72. The minimum atomic E-state index is 0.0263. The second kappa shape index (κ2) is 3.93. The Labute approximate surface area is 89.0 Å². The van der Waals surface area contributed by atoms with Crippen LogP contribution in [-0.4, -0.2) is 19.0 Å². The molecule has 0 saturated heterocycles. The smallest absolute Gasteiger partial charge is 0.170 e. The molecule has 0 N–H and O–H groups in total. The maximum atomic E-state index is 11.8. The van der Waals surface area contributed by atoms with Crippen molar-refractivity contribution in [2.75, 3.05) is 7.11 Å². The highest BCUT2D eigenvalue weighted by Gasteiger charge is 2.25. The lowest BCUT2D eigenvalue weighted by Crippen LogP contribution is -2.26. The van der Waals surface area contributed by atoms with Crippen molar-refractivity contribution in [3.8, 4) is 11.5 Å². The van der Waals surface area contributed by atoms with Gasteiger partial charge in [0.1, 0.15) is 17.6 Å². The summed E-state index contributed by atoms with van der Waals surface area (Å²) in [4.78, 5) is 11.8. The van der Waals surface area contributed by atoms with Gasteiger partial charge in [0.25, 0.3) is 0 Å². The molecule has 3 heteroatoms. The number of ketones is 1. The lowest BCUT2D eigenvalue weighted by Gasteiger charge is -2.24. The molecule has 80 valence electrons. The SMILES string of the molecule is CCC1CC(=O)c2cc(OC)ccc2O1. The molecular weight excluding hydrogens is 192 g/mol. The van der Waals surface area contributed by atoms with Crippen molar-refractivity contribution in [1.29, 1.82) is 0 Å². The van der Waals surface area contributed by atoms with Gasteiger partial charge in [-0.3, -0.25) is 4.79 Å². The normalized spacial score (nSPS) is 19.3. The summed E-state index contributed by atoms with van der Waals surface area (Å²) in [5.41, 5.74) is 0.638. The highest BCUT2D eigenvalue weighted by atomic mass is 16.5. The highest BCUT2D eigenvalue weighted by molar-refractivity contribution is 6.00. The zero-order valence-corrected chi connectivity index (χ0v) is 8.95. The average molecular weight is 206 g/mol. The van der Waals surface area contributed by atoms with Crippen LogP contribution in [0.25, 0.3) is 0 Å².